The average molecular weight is 193 g/mol. The fourth-order valence-corrected chi connectivity index (χ4v) is 1.83. The van der Waals surface area contributed by atoms with Gasteiger partial charge in [-0.15, -0.1) is 0 Å². The number of amides is 1. The minimum absolute atomic E-state index is 0.0292. The fourth-order valence-electron chi connectivity index (χ4n) is 0.393. The van der Waals surface area contributed by atoms with Gasteiger partial charge in [-0.1, -0.05) is 10.8 Å². The normalized spacial score (nSPS) is 9.27. The van der Waals surface area contributed by atoms with Gasteiger partial charge in [0.25, 0.3) is 0 Å². The van der Waals surface area contributed by atoms with E-state index in [0.717, 1.165) is 5.75 Å². The average Bonchev–Trinajstić information content (AvgIpc) is 1.85. The van der Waals surface area contributed by atoms with Gasteiger partial charge in [-0.25, -0.2) is 0 Å². The Bertz CT molecular complexity index is 134. The number of rotatable bonds is 4. The Morgan fingerprint density at radius 1 is 1.36 bits per heavy atom. The molecule has 0 rings (SSSR count). The van der Waals surface area contributed by atoms with Crippen molar-refractivity contribution >= 4 is 32.6 Å². The van der Waals surface area contributed by atoms with Crippen LogP contribution in [0.4, 0.5) is 0 Å². The molecule has 0 saturated carbocycles. The first-order chi connectivity index (χ1) is 5.13. The van der Waals surface area contributed by atoms with Gasteiger partial charge in [-0.3, -0.25) is 9.59 Å². The minimum Gasteiger partial charge on any atom is -0.355 e. The molecule has 3 nitrogen and oxygen atoms in total. The van der Waals surface area contributed by atoms with E-state index in [2.05, 4.69) is 5.32 Å². The van der Waals surface area contributed by atoms with Crippen LogP contribution in [0.25, 0.3) is 0 Å². The number of hydrogen-bond acceptors (Lipinski definition) is 4. The summed E-state index contributed by atoms with van der Waals surface area (Å²) < 4.78 is 0. The Labute approximate surface area is 74.1 Å². The molecule has 0 fully saturated rings. The summed E-state index contributed by atoms with van der Waals surface area (Å²) in [5.41, 5.74) is 0. The number of nitrogens with one attached hydrogen (secondary N) is 1. The van der Waals surface area contributed by atoms with Gasteiger partial charge in [0, 0.05) is 26.1 Å². The van der Waals surface area contributed by atoms with Crippen LogP contribution in [-0.2, 0) is 9.59 Å². The number of carbonyl (C=O) groups is 2. The highest BCUT2D eigenvalue weighted by molar-refractivity contribution is 8.82. The maximum absolute atomic E-state index is 10.4. The van der Waals surface area contributed by atoms with Crippen molar-refractivity contribution in [2.45, 2.75) is 13.8 Å². The van der Waals surface area contributed by atoms with E-state index in [0.29, 0.717) is 6.54 Å². The van der Waals surface area contributed by atoms with Crippen LogP contribution in [0.15, 0.2) is 0 Å². The lowest BCUT2D eigenvalue weighted by molar-refractivity contribution is -0.118. The summed E-state index contributed by atoms with van der Waals surface area (Å²) in [6.07, 6.45) is 0. The summed E-state index contributed by atoms with van der Waals surface area (Å²) in [5.74, 6) is 0.738. The van der Waals surface area contributed by atoms with Crippen molar-refractivity contribution in [1.29, 1.82) is 0 Å². The first-order valence-electron chi connectivity index (χ1n) is 3.17. The van der Waals surface area contributed by atoms with Crippen molar-refractivity contribution in [1.82, 2.24) is 5.32 Å². The van der Waals surface area contributed by atoms with Crippen LogP contribution in [-0.4, -0.2) is 23.3 Å². The zero-order valence-electron chi connectivity index (χ0n) is 6.55. The zero-order valence-corrected chi connectivity index (χ0v) is 8.18. The van der Waals surface area contributed by atoms with E-state index in [-0.39, 0.29) is 11.0 Å². The monoisotopic (exact) mass is 193 g/mol. The first-order valence-corrected chi connectivity index (χ1v) is 5.49. The van der Waals surface area contributed by atoms with Crippen LogP contribution in [0.1, 0.15) is 13.8 Å². The molecule has 11 heavy (non-hydrogen) atoms. The van der Waals surface area contributed by atoms with E-state index in [9.17, 15) is 9.59 Å². The first kappa shape index (κ1) is 10.8. The third-order valence-corrected chi connectivity index (χ3v) is 3.02. The molecule has 0 aromatic rings. The van der Waals surface area contributed by atoms with Crippen LogP contribution in [0, 0.1) is 0 Å². The molecule has 0 spiro atoms. The van der Waals surface area contributed by atoms with Gasteiger partial charge in [0.05, 0.1) is 0 Å². The Morgan fingerprint density at radius 2 is 2.00 bits per heavy atom. The molecule has 0 radical (unpaired) electrons. The predicted octanol–water partition coefficient (Wildman–Crippen LogP) is 1.05. The lowest BCUT2D eigenvalue weighted by Crippen LogP contribution is -2.22. The molecule has 0 saturated heterocycles. The second kappa shape index (κ2) is 6.54. The summed E-state index contributed by atoms with van der Waals surface area (Å²) in [5, 5.41) is 2.73. The molecule has 0 heterocycles. The maximum Gasteiger partial charge on any atom is 0.216 e. The smallest absolute Gasteiger partial charge is 0.216 e. The highest BCUT2D eigenvalue weighted by atomic mass is 33.1. The van der Waals surface area contributed by atoms with Crippen LogP contribution < -0.4 is 5.32 Å². The van der Waals surface area contributed by atoms with Crippen molar-refractivity contribution in [3.63, 3.8) is 0 Å². The largest absolute Gasteiger partial charge is 0.355 e. The molecule has 0 aliphatic carbocycles. The molecule has 0 aromatic heterocycles. The fraction of sp³-hybridized carbons (Fsp3) is 0.667. The van der Waals surface area contributed by atoms with E-state index in [1.165, 1.54) is 35.4 Å². The molecule has 1 amide bonds. The molecule has 5 heteroatoms. The van der Waals surface area contributed by atoms with Crippen LogP contribution in [0.2, 0.25) is 0 Å². The van der Waals surface area contributed by atoms with Gasteiger partial charge in [-0.05, 0) is 10.8 Å². The third-order valence-electron chi connectivity index (χ3n) is 0.736. The Morgan fingerprint density at radius 3 is 2.45 bits per heavy atom. The number of carbonyl (C=O) groups excluding carboxylic acids is 2. The van der Waals surface area contributed by atoms with Crippen LogP contribution in [0.5, 0.6) is 0 Å². The highest BCUT2D eigenvalue weighted by Crippen LogP contribution is 2.20. The molecule has 0 bridgehead atoms. The van der Waals surface area contributed by atoms with Crippen LogP contribution >= 0.6 is 21.6 Å². The highest BCUT2D eigenvalue weighted by Gasteiger charge is 1.94. The Balaban J connectivity index is 3.03. The summed E-state index contributed by atoms with van der Waals surface area (Å²) in [6.45, 7) is 3.62. The molecule has 64 valence electrons. The van der Waals surface area contributed by atoms with Crippen molar-refractivity contribution in [3.8, 4) is 0 Å². The molecule has 1 N–H and O–H groups in total. The van der Waals surface area contributed by atoms with Crippen molar-refractivity contribution in [3.05, 3.63) is 0 Å². The van der Waals surface area contributed by atoms with E-state index in [4.69, 9.17) is 0 Å². The van der Waals surface area contributed by atoms with Crippen LogP contribution in [0.3, 0.4) is 0 Å². The summed E-state index contributed by atoms with van der Waals surface area (Å²) >= 11 is 0. The predicted molar refractivity (Wildman–Crippen MR) is 49.4 cm³/mol. The molecule has 0 aliphatic heterocycles. The molecular formula is C6H11NO2S2. The van der Waals surface area contributed by atoms with Gasteiger partial charge < -0.3 is 5.32 Å². The lowest BCUT2D eigenvalue weighted by atomic mass is 10.6. The zero-order chi connectivity index (χ0) is 8.69. The van der Waals surface area contributed by atoms with Gasteiger partial charge in [0.2, 0.25) is 5.91 Å². The second-order valence-corrected chi connectivity index (χ2v) is 4.47. The maximum atomic E-state index is 10.4. The molecule has 0 unspecified atom stereocenters. The van der Waals surface area contributed by atoms with Gasteiger partial charge in [0.1, 0.15) is 0 Å². The summed E-state index contributed by atoms with van der Waals surface area (Å²) in [4.78, 5) is 20.7. The van der Waals surface area contributed by atoms with E-state index < -0.39 is 0 Å². The van der Waals surface area contributed by atoms with Crippen molar-refractivity contribution in [2.24, 2.45) is 0 Å². The van der Waals surface area contributed by atoms with E-state index in [1.807, 2.05) is 0 Å². The summed E-state index contributed by atoms with van der Waals surface area (Å²) in [6, 6.07) is 0. The topological polar surface area (TPSA) is 46.2 Å². The molecule has 0 atom stereocenters. The summed E-state index contributed by atoms with van der Waals surface area (Å²) in [7, 11) is 2.67. The Hall–Kier alpha value is -0.160. The second-order valence-electron chi connectivity index (χ2n) is 1.88. The third kappa shape index (κ3) is 9.84. The standard InChI is InChI=1S/C6H11NO2S2/c1-5(8)7-3-4-10-11-6(2)9/h3-4H2,1-2H3,(H,7,8). The molecule has 0 aromatic carbocycles. The SMILES string of the molecule is CC(=O)NCCSSC(C)=O. The number of hydrogen-bond donors (Lipinski definition) is 1. The molecule has 0 aliphatic rings. The van der Waals surface area contributed by atoms with Crippen molar-refractivity contribution < 1.29 is 9.59 Å². The van der Waals surface area contributed by atoms with Gasteiger partial charge >= 0.3 is 0 Å². The molecular weight excluding hydrogens is 182 g/mol. The minimum atomic E-state index is -0.0292. The lowest BCUT2D eigenvalue weighted by Gasteiger charge is -1.98. The van der Waals surface area contributed by atoms with Crippen molar-refractivity contribution in [2.75, 3.05) is 12.3 Å². The van der Waals surface area contributed by atoms with E-state index >= 15 is 0 Å². The Kier molecular flexibility index (Phi) is 6.45. The van der Waals surface area contributed by atoms with E-state index in [1.54, 1.807) is 0 Å². The van der Waals surface area contributed by atoms with Gasteiger partial charge in [0.15, 0.2) is 5.12 Å². The quantitative estimate of drug-likeness (QED) is 0.535. The van der Waals surface area contributed by atoms with Gasteiger partial charge in [-0.2, -0.15) is 0 Å².